The minimum atomic E-state index is -0.00367. The largest absolute Gasteiger partial charge is 0.373 e. The van der Waals surface area contributed by atoms with Gasteiger partial charge in [-0.2, -0.15) is 4.98 Å². The number of aromatic nitrogens is 3. The van der Waals surface area contributed by atoms with E-state index in [1.54, 1.807) is 10.6 Å². The number of anilines is 1. The molecule has 1 amide bonds. The molecule has 2 aromatic heterocycles. The average Bonchev–Trinajstić information content (AvgIpc) is 3.12. The third-order valence-electron chi connectivity index (χ3n) is 5.80. The third kappa shape index (κ3) is 6.09. The number of allylic oxidation sites excluding steroid dienone is 1. The number of hydrogen-bond donors (Lipinski definition) is 1. The fourth-order valence-corrected chi connectivity index (χ4v) is 4.18. The van der Waals surface area contributed by atoms with Crippen molar-refractivity contribution in [3.8, 4) is 0 Å². The maximum Gasteiger partial charge on any atom is 0.212 e. The molecule has 1 unspecified atom stereocenters. The number of pyridine rings is 1. The Morgan fingerprint density at radius 2 is 2.21 bits per heavy atom. The fraction of sp³-hybridized carbons (Fsp3) is 0.417. The first kappa shape index (κ1) is 24.7. The summed E-state index contributed by atoms with van der Waals surface area (Å²) in [5, 5.41) is 2.90. The Balaban J connectivity index is 1.57. The number of unbranched alkanes of at least 4 members (excludes halogenated alkanes) is 1. The Bertz CT molecular complexity index is 1000. The van der Waals surface area contributed by atoms with Crippen LogP contribution in [0.2, 0.25) is 5.28 Å². The highest BCUT2D eigenvalue weighted by molar-refractivity contribution is 6.29. The van der Waals surface area contributed by atoms with Crippen molar-refractivity contribution < 1.29 is 4.79 Å². The average molecular weight is 470 g/mol. The van der Waals surface area contributed by atoms with Crippen LogP contribution in [0.5, 0.6) is 0 Å². The van der Waals surface area contributed by atoms with E-state index in [0.717, 1.165) is 50.2 Å². The van der Waals surface area contributed by atoms with Crippen LogP contribution in [0.15, 0.2) is 48.6 Å². The van der Waals surface area contributed by atoms with Crippen molar-refractivity contribution in [1.82, 2.24) is 24.3 Å². The molecule has 3 heterocycles. The number of nitrogens with one attached hydrogen (secondary N) is 1. The quantitative estimate of drug-likeness (QED) is 0.286. The molecule has 33 heavy (non-hydrogen) atoms. The van der Waals surface area contributed by atoms with Gasteiger partial charge in [0.15, 0.2) is 5.82 Å². The van der Waals surface area contributed by atoms with E-state index < -0.39 is 0 Å². The first-order valence-electron chi connectivity index (χ1n) is 11.1. The first-order valence-corrected chi connectivity index (χ1v) is 11.5. The van der Waals surface area contributed by atoms with Crippen molar-refractivity contribution in [2.24, 2.45) is 4.99 Å². The highest BCUT2D eigenvalue weighted by Crippen LogP contribution is 2.29. The van der Waals surface area contributed by atoms with Crippen molar-refractivity contribution in [3.05, 3.63) is 60.3 Å². The molecule has 0 bridgehead atoms. The zero-order valence-electron chi connectivity index (χ0n) is 19.4. The van der Waals surface area contributed by atoms with Crippen molar-refractivity contribution in [2.45, 2.75) is 38.4 Å². The second kappa shape index (κ2) is 11.8. The molecular formula is C24H32ClN7O. The predicted octanol–water partition coefficient (Wildman–Crippen LogP) is 4.23. The van der Waals surface area contributed by atoms with E-state index in [9.17, 15) is 4.79 Å². The van der Waals surface area contributed by atoms with Crippen LogP contribution in [0.25, 0.3) is 5.70 Å². The molecule has 3 rings (SSSR count). The lowest BCUT2D eigenvalue weighted by Crippen LogP contribution is -2.31. The lowest BCUT2D eigenvalue weighted by molar-refractivity contribution is -0.105. The number of nitrogens with zero attached hydrogens (tertiary/aromatic N) is 6. The lowest BCUT2D eigenvalue weighted by atomic mass is 10.1. The van der Waals surface area contributed by atoms with Gasteiger partial charge in [-0.15, -0.1) is 6.58 Å². The van der Waals surface area contributed by atoms with Crippen molar-refractivity contribution in [3.63, 3.8) is 0 Å². The van der Waals surface area contributed by atoms with Gasteiger partial charge in [-0.3, -0.25) is 19.7 Å². The summed E-state index contributed by atoms with van der Waals surface area (Å²) in [6, 6.07) is 5.97. The number of imidazole rings is 1. The highest BCUT2D eigenvalue weighted by atomic mass is 35.5. The van der Waals surface area contributed by atoms with Crippen molar-refractivity contribution in [2.75, 3.05) is 32.5 Å². The van der Waals surface area contributed by atoms with Crippen LogP contribution in [0.1, 0.15) is 43.2 Å². The van der Waals surface area contributed by atoms with Crippen molar-refractivity contribution >= 4 is 35.2 Å². The Kier molecular flexibility index (Phi) is 8.79. The Hall–Kier alpha value is -2.97. The smallest absolute Gasteiger partial charge is 0.212 e. The third-order valence-corrected chi connectivity index (χ3v) is 6.09. The maximum atomic E-state index is 11.0. The molecule has 0 fully saturated rings. The van der Waals surface area contributed by atoms with Gasteiger partial charge in [-0.1, -0.05) is 18.7 Å². The molecule has 9 heteroatoms. The van der Waals surface area contributed by atoms with Gasteiger partial charge in [0, 0.05) is 38.6 Å². The lowest BCUT2D eigenvalue weighted by Gasteiger charge is -2.30. The summed E-state index contributed by atoms with van der Waals surface area (Å²) in [6.07, 6.45) is 8.11. The van der Waals surface area contributed by atoms with Crippen LogP contribution in [-0.2, 0) is 11.3 Å². The summed E-state index contributed by atoms with van der Waals surface area (Å²) in [4.78, 5) is 29.0. The summed E-state index contributed by atoms with van der Waals surface area (Å²) in [5.74, 6) is 0.398. The number of carbonyl (C=O) groups is 1. The molecule has 176 valence electrons. The van der Waals surface area contributed by atoms with Gasteiger partial charge in [0.2, 0.25) is 11.7 Å². The highest BCUT2D eigenvalue weighted by Gasteiger charge is 2.23. The van der Waals surface area contributed by atoms with Crippen LogP contribution in [0.3, 0.4) is 0 Å². The Morgan fingerprint density at radius 3 is 2.91 bits per heavy atom. The maximum absolute atomic E-state index is 11.0. The van der Waals surface area contributed by atoms with E-state index in [1.807, 2.05) is 31.4 Å². The summed E-state index contributed by atoms with van der Waals surface area (Å²) in [6.45, 7) is 10.3. The second-order valence-electron chi connectivity index (χ2n) is 8.12. The van der Waals surface area contributed by atoms with Gasteiger partial charge < -0.3 is 14.8 Å². The van der Waals surface area contributed by atoms with E-state index >= 15 is 0 Å². The Labute approximate surface area is 200 Å². The fourth-order valence-electron chi connectivity index (χ4n) is 3.94. The summed E-state index contributed by atoms with van der Waals surface area (Å²) in [5.41, 5.74) is 3.67. The summed E-state index contributed by atoms with van der Waals surface area (Å²) >= 11 is 6.26. The van der Waals surface area contributed by atoms with Gasteiger partial charge in [-0.25, -0.2) is 0 Å². The van der Waals surface area contributed by atoms with Crippen LogP contribution in [-0.4, -0.2) is 63.6 Å². The molecule has 0 saturated carbocycles. The van der Waals surface area contributed by atoms with Crippen LogP contribution in [0, 0.1) is 0 Å². The SMILES string of the molecule is C=CCn1c(Cl)nc(NC=O)c1C(=C)N(C)CCCCC1=NC(c2ccccn2)N(C)CC1. The van der Waals surface area contributed by atoms with Crippen LogP contribution in [0.4, 0.5) is 5.82 Å². The molecule has 0 radical (unpaired) electrons. The number of carbonyl (C=O) groups excluding carboxylic acids is 1. The Morgan fingerprint density at radius 1 is 1.39 bits per heavy atom. The summed E-state index contributed by atoms with van der Waals surface area (Å²) in [7, 11) is 4.08. The molecule has 1 N–H and O–H groups in total. The number of halogens is 1. The topological polar surface area (TPSA) is 78.6 Å². The molecule has 0 spiro atoms. The predicted molar refractivity (Wildman–Crippen MR) is 134 cm³/mol. The van der Waals surface area contributed by atoms with Gasteiger partial charge in [0.05, 0.1) is 11.4 Å². The molecule has 0 saturated heterocycles. The molecule has 1 atom stereocenters. The van der Waals surface area contributed by atoms with Gasteiger partial charge in [-0.05, 0) is 56.5 Å². The van der Waals surface area contributed by atoms with Crippen LogP contribution >= 0.6 is 11.6 Å². The number of hydrogen-bond acceptors (Lipinski definition) is 6. The molecular weight excluding hydrogens is 438 g/mol. The monoisotopic (exact) mass is 469 g/mol. The van der Waals surface area contributed by atoms with Gasteiger partial charge in [0.1, 0.15) is 11.9 Å². The number of rotatable bonds is 12. The van der Waals surface area contributed by atoms with Crippen LogP contribution < -0.4 is 5.32 Å². The normalized spacial score (nSPS) is 16.2. The molecule has 0 aromatic carbocycles. The second-order valence-corrected chi connectivity index (χ2v) is 8.46. The standard InChI is InChI=1S/C24H32ClN7O/c1-5-14-32-21(22(27-17-33)29-24(32)25)18(2)30(3)15-9-7-10-19-12-16-31(4)23(28-19)20-11-6-8-13-26-20/h5-6,8,11,13,17,23H,1-2,7,9-10,12,14-16H2,3-4H3,(H,27,33). The summed E-state index contributed by atoms with van der Waals surface area (Å²) < 4.78 is 1.78. The van der Waals surface area contributed by atoms with E-state index in [0.29, 0.717) is 24.5 Å². The van der Waals surface area contributed by atoms with Crippen molar-refractivity contribution in [1.29, 1.82) is 0 Å². The van der Waals surface area contributed by atoms with Gasteiger partial charge in [0.25, 0.3) is 0 Å². The van der Waals surface area contributed by atoms with E-state index in [4.69, 9.17) is 16.6 Å². The van der Waals surface area contributed by atoms with Gasteiger partial charge >= 0.3 is 0 Å². The molecule has 8 nitrogen and oxygen atoms in total. The van der Waals surface area contributed by atoms with E-state index in [-0.39, 0.29) is 11.4 Å². The zero-order valence-corrected chi connectivity index (χ0v) is 20.1. The molecule has 2 aromatic rings. The first-order chi connectivity index (χ1) is 16.0. The number of aliphatic imine (C=N–C) groups is 1. The molecule has 1 aliphatic heterocycles. The number of amides is 1. The zero-order chi connectivity index (χ0) is 23.8. The molecule has 0 aliphatic carbocycles. The molecule has 1 aliphatic rings. The minimum absolute atomic E-state index is 0.00367. The van der Waals surface area contributed by atoms with E-state index in [1.165, 1.54) is 5.71 Å². The minimum Gasteiger partial charge on any atom is -0.373 e. The van der Waals surface area contributed by atoms with E-state index in [2.05, 4.69) is 45.3 Å².